The standard InChI is InChI=1S/C19H26N4O2/c1-14(2)23-11-6-7-16(23)19(24)22-12-9-15(13-22)25-17-8-5-10-20-18(17)21(3)4/h5-8,10-11,14-15H,9,12-13H2,1-4H3. The van der Waals surface area contributed by atoms with Crippen molar-refractivity contribution in [2.24, 2.45) is 0 Å². The van der Waals surface area contributed by atoms with Gasteiger partial charge in [-0.05, 0) is 38.1 Å². The molecule has 6 heteroatoms. The second-order valence-corrected chi connectivity index (χ2v) is 6.89. The topological polar surface area (TPSA) is 50.6 Å². The fourth-order valence-electron chi connectivity index (χ4n) is 3.19. The number of carbonyl (C=O) groups is 1. The molecule has 0 bridgehead atoms. The third-order valence-electron chi connectivity index (χ3n) is 4.45. The Kier molecular flexibility index (Phi) is 4.97. The van der Waals surface area contributed by atoms with E-state index in [0.29, 0.717) is 13.1 Å². The van der Waals surface area contributed by atoms with Crippen molar-refractivity contribution in [1.82, 2.24) is 14.5 Å². The van der Waals surface area contributed by atoms with Crippen molar-refractivity contribution in [3.05, 3.63) is 42.4 Å². The molecule has 1 unspecified atom stereocenters. The molecule has 0 saturated carbocycles. The SMILES string of the molecule is CC(C)n1cccc1C(=O)N1CCC(Oc2cccnc2N(C)C)C1. The van der Waals surface area contributed by atoms with Gasteiger partial charge in [0.2, 0.25) is 0 Å². The van der Waals surface area contributed by atoms with Gasteiger partial charge in [0.15, 0.2) is 11.6 Å². The molecule has 1 aliphatic heterocycles. The highest BCUT2D eigenvalue weighted by molar-refractivity contribution is 5.93. The summed E-state index contributed by atoms with van der Waals surface area (Å²) in [5.74, 6) is 1.64. The van der Waals surface area contributed by atoms with Gasteiger partial charge in [0.25, 0.3) is 5.91 Å². The summed E-state index contributed by atoms with van der Waals surface area (Å²) >= 11 is 0. The fourth-order valence-corrected chi connectivity index (χ4v) is 3.19. The molecule has 0 N–H and O–H groups in total. The van der Waals surface area contributed by atoms with Crippen molar-refractivity contribution in [2.45, 2.75) is 32.4 Å². The molecule has 1 saturated heterocycles. The lowest BCUT2D eigenvalue weighted by Crippen LogP contribution is -2.32. The molecule has 1 fully saturated rings. The minimum Gasteiger partial charge on any atom is -0.485 e. The van der Waals surface area contributed by atoms with Gasteiger partial charge >= 0.3 is 0 Å². The third kappa shape index (κ3) is 3.62. The van der Waals surface area contributed by atoms with Crippen molar-refractivity contribution < 1.29 is 9.53 Å². The first-order valence-corrected chi connectivity index (χ1v) is 8.72. The molecular formula is C19H26N4O2. The monoisotopic (exact) mass is 342 g/mol. The maximum atomic E-state index is 12.8. The average Bonchev–Trinajstić information content (AvgIpc) is 3.24. The number of carbonyl (C=O) groups excluding carboxylic acids is 1. The summed E-state index contributed by atoms with van der Waals surface area (Å²) in [5, 5.41) is 0. The van der Waals surface area contributed by atoms with E-state index in [4.69, 9.17) is 4.74 Å². The number of anilines is 1. The lowest BCUT2D eigenvalue weighted by Gasteiger charge is -2.21. The number of ether oxygens (including phenoxy) is 1. The second kappa shape index (κ2) is 7.17. The summed E-state index contributed by atoms with van der Waals surface area (Å²) in [6.45, 7) is 5.48. The van der Waals surface area contributed by atoms with Crippen LogP contribution in [-0.2, 0) is 0 Å². The van der Waals surface area contributed by atoms with Crippen LogP contribution in [0.1, 0.15) is 36.8 Å². The minimum atomic E-state index is -0.00527. The molecule has 25 heavy (non-hydrogen) atoms. The Bertz CT molecular complexity index is 739. The molecule has 0 radical (unpaired) electrons. The van der Waals surface area contributed by atoms with E-state index in [-0.39, 0.29) is 18.1 Å². The van der Waals surface area contributed by atoms with E-state index in [1.807, 2.05) is 58.9 Å². The van der Waals surface area contributed by atoms with Crippen LogP contribution in [0.5, 0.6) is 5.75 Å². The highest BCUT2D eigenvalue weighted by Gasteiger charge is 2.30. The highest BCUT2D eigenvalue weighted by atomic mass is 16.5. The van der Waals surface area contributed by atoms with E-state index in [1.165, 1.54) is 0 Å². The summed E-state index contributed by atoms with van der Waals surface area (Å²) in [5.41, 5.74) is 0.742. The maximum Gasteiger partial charge on any atom is 0.270 e. The van der Waals surface area contributed by atoms with Gasteiger partial charge < -0.3 is 19.1 Å². The molecule has 0 aromatic carbocycles. The van der Waals surface area contributed by atoms with Gasteiger partial charge in [-0.1, -0.05) is 0 Å². The molecule has 3 heterocycles. The Morgan fingerprint density at radius 1 is 1.32 bits per heavy atom. The Labute approximate surface area is 149 Å². The first kappa shape index (κ1) is 17.3. The van der Waals surface area contributed by atoms with Crippen LogP contribution >= 0.6 is 0 Å². The zero-order valence-electron chi connectivity index (χ0n) is 15.3. The Morgan fingerprint density at radius 2 is 2.12 bits per heavy atom. The summed E-state index contributed by atoms with van der Waals surface area (Å²) in [4.78, 5) is 21.0. The molecule has 0 aliphatic carbocycles. The van der Waals surface area contributed by atoms with Crippen LogP contribution in [-0.4, -0.2) is 53.6 Å². The number of rotatable bonds is 5. The lowest BCUT2D eigenvalue weighted by molar-refractivity contribution is 0.0760. The zero-order valence-corrected chi connectivity index (χ0v) is 15.3. The van der Waals surface area contributed by atoms with Crippen molar-refractivity contribution in [3.8, 4) is 5.75 Å². The van der Waals surface area contributed by atoms with Gasteiger partial charge in [0.05, 0.1) is 6.54 Å². The summed E-state index contributed by atoms with van der Waals surface area (Å²) < 4.78 is 8.15. The van der Waals surface area contributed by atoms with Gasteiger partial charge in [-0.2, -0.15) is 0 Å². The van der Waals surface area contributed by atoms with E-state index >= 15 is 0 Å². The second-order valence-electron chi connectivity index (χ2n) is 6.89. The van der Waals surface area contributed by atoms with Crippen molar-refractivity contribution in [3.63, 3.8) is 0 Å². The van der Waals surface area contributed by atoms with Crippen molar-refractivity contribution in [2.75, 3.05) is 32.1 Å². The van der Waals surface area contributed by atoms with Crippen LogP contribution in [0.15, 0.2) is 36.7 Å². The summed E-state index contributed by atoms with van der Waals surface area (Å²) in [7, 11) is 3.89. The fraction of sp³-hybridized carbons (Fsp3) is 0.474. The molecule has 6 nitrogen and oxygen atoms in total. The Morgan fingerprint density at radius 3 is 2.84 bits per heavy atom. The van der Waals surface area contributed by atoms with Gasteiger partial charge in [-0.25, -0.2) is 4.98 Å². The molecule has 2 aromatic heterocycles. The smallest absolute Gasteiger partial charge is 0.270 e. The van der Waals surface area contributed by atoms with Crippen LogP contribution in [0, 0.1) is 0 Å². The number of likely N-dealkylation sites (tertiary alicyclic amines) is 1. The Hall–Kier alpha value is -2.50. The average molecular weight is 342 g/mol. The van der Waals surface area contributed by atoms with Gasteiger partial charge in [0.1, 0.15) is 11.8 Å². The Balaban J connectivity index is 1.68. The summed E-state index contributed by atoms with van der Waals surface area (Å²) in [6.07, 6.45) is 4.54. The zero-order chi connectivity index (χ0) is 18.0. The summed E-state index contributed by atoms with van der Waals surface area (Å²) in [6, 6.07) is 7.88. The largest absolute Gasteiger partial charge is 0.485 e. The molecule has 1 aliphatic rings. The molecule has 1 atom stereocenters. The number of nitrogens with zero attached hydrogens (tertiary/aromatic N) is 4. The number of amides is 1. The van der Waals surface area contributed by atoms with Crippen LogP contribution in [0.3, 0.4) is 0 Å². The van der Waals surface area contributed by atoms with E-state index in [2.05, 4.69) is 18.8 Å². The van der Waals surface area contributed by atoms with E-state index < -0.39 is 0 Å². The molecule has 3 rings (SSSR count). The molecule has 134 valence electrons. The van der Waals surface area contributed by atoms with Gasteiger partial charge in [-0.15, -0.1) is 0 Å². The normalized spacial score (nSPS) is 17.2. The van der Waals surface area contributed by atoms with E-state index in [9.17, 15) is 4.79 Å². The van der Waals surface area contributed by atoms with Crippen LogP contribution in [0.4, 0.5) is 5.82 Å². The minimum absolute atomic E-state index is 0.00527. The first-order chi connectivity index (χ1) is 12.0. The molecule has 0 spiro atoms. The lowest BCUT2D eigenvalue weighted by atomic mass is 10.3. The van der Waals surface area contributed by atoms with Crippen LogP contribution in [0.2, 0.25) is 0 Å². The maximum absolute atomic E-state index is 12.8. The van der Waals surface area contributed by atoms with Crippen molar-refractivity contribution >= 4 is 11.7 Å². The van der Waals surface area contributed by atoms with Crippen molar-refractivity contribution in [1.29, 1.82) is 0 Å². The molecular weight excluding hydrogens is 316 g/mol. The number of hydrogen-bond acceptors (Lipinski definition) is 4. The van der Waals surface area contributed by atoms with Crippen LogP contribution in [0.25, 0.3) is 0 Å². The first-order valence-electron chi connectivity index (χ1n) is 8.72. The van der Waals surface area contributed by atoms with Crippen LogP contribution < -0.4 is 9.64 Å². The highest BCUT2D eigenvalue weighted by Crippen LogP contribution is 2.27. The number of pyridine rings is 1. The predicted molar refractivity (Wildman–Crippen MR) is 98.3 cm³/mol. The molecule has 1 amide bonds. The van der Waals surface area contributed by atoms with Gasteiger partial charge in [0, 0.05) is 45.5 Å². The third-order valence-corrected chi connectivity index (χ3v) is 4.45. The van der Waals surface area contributed by atoms with Gasteiger partial charge in [-0.3, -0.25) is 4.79 Å². The van der Waals surface area contributed by atoms with E-state index in [0.717, 1.165) is 23.7 Å². The number of hydrogen-bond donors (Lipinski definition) is 0. The molecule has 2 aromatic rings. The predicted octanol–water partition coefficient (Wildman–Crippen LogP) is 2.82. The number of aromatic nitrogens is 2. The quantitative estimate of drug-likeness (QED) is 0.838. The van der Waals surface area contributed by atoms with E-state index in [1.54, 1.807) is 6.20 Å².